The number of piperidine rings is 1. The van der Waals surface area contributed by atoms with E-state index in [9.17, 15) is 8.42 Å². The Labute approximate surface area is 127 Å². The lowest BCUT2D eigenvalue weighted by molar-refractivity contribution is 0.268. The molecule has 0 radical (unpaired) electrons. The van der Waals surface area contributed by atoms with E-state index in [0.29, 0.717) is 17.3 Å². The normalized spacial score (nSPS) is 21.1. The predicted molar refractivity (Wildman–Crippen MR) is 82.6 cm³/mol. The van der Waals surface area contributed by atoms with Gasteiger partial charge in [0.05, 0.1) is 4.90 Å². The third-order valence-electron chi connectivity index (χ3n) is 4.05. The third kappa shape index (κ3) is 3.02. The van der Waals surface area contributed by atoms with E-state index in [4.69, 9.17) is 11.6 Å². The topological polar surface area (TPSA) is 37.4 Å². The van der Waals surface area contributed by atoms with Crippen molar-refractivity contribution in [3.05, 3.63) is 29.3 Å². The smallest absolute Gasteiger partial charge is 0.207 e. The van der Waals surface area contributed by atoms with E-state index in [1.165, 1.54) is 0 Å². The van der Waals surface area contributed by atoms with Crippen LogP contribution in [0.15, 0.2) is 23.1 Å². The molecule has 0 spiro atoms. The minimum Gasteiger partial charge on any atom is -0.207 e. The lowest BCUT2D eigenvalue weighted by Crippen LogP contribution is -2.41. The highest BCUT2D eigenvalue weighted by Crippen LogP contribution is 2.27. The summed E-state index contributed by atoms with van der Waals surface area (Å²) in [5.74, 6) is 0.349. The fraction of sp³-hybridized carbons (Fsp3) is 0.600. The minimum atomic E-state index is -3.39. The van der Waals surface area contributed by atoms with Crippen molar-refractivity contribution in [2.24, 2.45) is 0 Å². The van der Waals surface area contributed by atoms with Gasteiger partial charge >= 0.3 is 0 Å². The van der Waals surface area contributed by atoms with Crippen molar-refractivity contribution < 1.29 is 8.42 Å². The average molecular weight is 316 g/mol. The van der Waals surface area contributed by atoms with Crippen LogP contribution < -0.4 is 0 Å². The second-order valence-corrected chi connectivity index (χ2v) is 7.54. The zero-order valence-corrected chi connectivity index (χ0v) is 13.7. The number of hydrogen-bond acceptors (Lipinski definition) is 2. The lowest BCUT2D eigenvalue weighted by atomic mass is 10.1. The van der Waals surface area contributed by atoms with Crippen LogP contribution in [0.5, 0.6) is 0 Å². The van der Waals surface area contributed by atoms with Crippen LogP contribution >= 0.6 is 11.6 Å². The number of nitrogens with zero attached hydrogens (tertiary/aromatic N) is 1. The van der Waals surface area contributed by atoms with E-state index in [1.54, 1.807) is 16.4 Å². The molecule has 1 aromatic rings. The fourth-order valence-electron chi connectivity index (χ4n) is 2.80. The summed E-state index contributed by atoms with van der Waals surface area (Å²) in [7, 11) is -3.39. The molecule has 0 saturated carbocycles. The molecule has 1 aliphatic heterocycles. The summed E-state index contributed by atoms with van der Waals surface area (Å²) in [6, 6.07) is 5.42. The van der Waals surface area contributed by atoms with E-state index in [1.807, 2.05) is 19.9 Å². The molecule has 5 heteroatoms. The van der Waals surface area contributed by atoms with Crippen LogP contribution in [0.25, 0.3) is 0 Å². The van der Waals surface area contributed by atoms with Crippen molar-refractivity contribution in [1.82, 2.24) is 4.31 Å². The molecule has 3 nitrogen and oxygen atoms in total. The number of halogens is 1. The van der Waals surface area contributed by atoms with Crippen molar-refractivity contribution in [2.45, 2.75) is 56.3 Å². The van der Waals surface area contributed by atoms with Gasteiger partial charge in [-0.3, -0.25) is 0 Å². The molecule has 1 fully saturated rings. The molecular formula is C15H22ClNO2S. The van der Waals surface area contributed by atoms with Gasteiger partial charge in [0, 0.05) is 18.5 Å². The summed E-state index contributed by atoms with van der Waals surface area (Å²) < 4.78 is 27.1. The number of sulfonamides is 1. The summed E-state index contributed by atoms with van der Waals surface area (Å²) in [5.41, 5.74) is 2.03. The van der Waals surface area contributed by atoms with Gasteiger partial charge in [-0.05, 0) is 49.4 Å². The van der Waals surface area contributed by atoms with Gasteiger partial charge in [-0.15, -0.1) is 11.6 Å². The Bertz CT molecular complexity index is 571. The highest BCUT2D eigenvalue weighted by atomic mass is 35.5. The van der Waals surface area contributed by atoms with E-state index in [2.05, 4.69) is 0 Å². The van der Waals surface area contributed by atoms with Gasteiger partial charge in [0.15, 0.2) is 0 Å². The standard InChI is InChI=1S/C15H22ClNO2S/c1-3-13-7-8-15(10-14(13)11-16)20(18,19)17-9-5-4-6-12(17)2/h7-8,10,12H,3-6,9,11H2,1-2H3. The minimum absolute atomic E-state index is 0.0825. The Morgan fingerprint density at radius 2 is 2.05 bits per heavy atom. The molecule has 1 heterocycles. The second kappa shape index (κ2) is 6.46. The van der Waals surface area contributed by atoms with Crippen molar-refractivity contribution in [1.29, 1.82) is 0 Å². The Morgan fingerprint density at radius 3 is 2.65 bits per heavy atom. The van der Waals surface area contributed by atoms with Crippen LogP contribution in [-0.2, 0) is 22.3 Å². The zero-order valence-electron chi connectivity index (χ0n) is 12.1. The van der Waals surface area contributed by atoms with E-state index < -0.39 is 10.0 Å². The summed E-state index contributed by atoms with van der Waals surface area (Å²) in [6.45, 7) is 4.65. The molecule has 0 N–H and O–H groups in total. The van der Waals surface area contributed by atoms with Crippen LogP contribution in [0.4, 0.5) is 0 Å². The largest absolute Gasteiger partial charge is 0.243 e. The van der Waals surface area contributed by atoms with Gasteiger partial charge in [-0.25, -0.2) is 8.42 Å². The predicted octanol–water partition coefficient (Wildman–Crippen LogP) is 3.55. The molecule has 0 bridgehead atoms. The maximum atomic E-state index is 12.7. The molecule has 0 aromatic heterocycles. The molecule has 112 valence electrons. The maximum absolute atomic E-state index is 12.7. The molecule has 1 atom stereocenters. The summed E-state index contributed by atoms with van der Waals surface area (Å²) >= 11 is 5.94. The van der Waals surface area contributed by atoms with Gasteiger partial charge in [0.1, 0.15) is 0 Å². The lowest BCUT2D eigenvalue weighted by Gasteiger charge is -2.32. The Morgan fingerprint density at radius 1 is 1.30 bits per heavy atom. The van der Waals surface area contributed by atoms with Crippen LogP contribution in [-0.4, -0.2) is 25.3 Å². The van der Waals surface area contributed by atoms with E-state index in [-0.39, 0.29) is 6.04 Å². The van der Waals surface area contributed by atoms with Crippen molar-refractivity contribution in [3.8, 4) is 0 Å². The Balaban J connectivity index is 2.38. The first-order chi connectivity index (χ1) is 9.50. The average Bonchev–Trinajstić information content (AvgIpc) is 2.46. The van der Waals surface area contributed by atoms with E-state index in [0.717, 1.165) is 36.8 Å². The number of aryl methyl sites for hydroxylation is 1. The maximum Gasteiger partial charge on any atom is 0.243 e. The van der Waals surface area contributed by atoms with Crippen molar-refractivity contribution in [3.63, 3.8) is 0 Å². The Kier molecular flexibility index (Phi) is 5.10. The first-order valence-electron chi connectivity index (χ1n) is 7.20. The molecule has 1 unspecified atom stereocenters. The summed E-state index contributed by atoms with van der Waals surface area (Å²) in [4.78, 5) is 0.374. The molecule has 20 heavy (non-hydrogen) atoms. The van der Waals surface area contributed by atoms with Gasteiger partial charge in [-0.2, -0.15) is 4.31 Å². The SMILES string of the molecule is CCc1ccc(S(=O)(=O)N2CCCCC2C)cc1CCl. The monoisotopic (exact) mass is 315 g/mol. The first kappa shape index (κ1) is 15.8. The number of benzene rings is 1. The number of alkyl halides is 1. The summed E-state index contributed by atoms with van der Waals surface area (Å²) in [5, 5.41) is 0. The molecule has 2 rings (SSSR count). The number of rotatable bonds is 4. The third-order valence-corrected chi connectivity index (χ3v) is 6.35. The highest BCUT2D eigenvalue weighted by molar-refractivity contribution is 7.89. The first-order valence-corrected chi connectivity index (χ1v) is 9.17. The highest BCUT2D eigenvalue weighted by Gasteiger charge is 2.31. The zero-order chi connectivity index (χ0) is 14.8. The molecular weight excluding hydrogens is 294 g/mol. The summed E-state index contributed by atoms with van der Waals surface area (Å²) in [6.07, 6.45) is 3.85. The molecule has 1 aromatic carbocycles. The van der Waals surface area contributed by atoms with Crippen molar-refractivity contribution >= 4 is 21.6 Å². The number of hydrogen-bond donors (Lipinski definition) is 0. The van der Waals surface area contributed by atoms with Crippen LogP contribution in [0.1, 0.15) is 44.2 Å². The van der Waals surface area contributed by atoms with Crippen LogP contribution in [0.3, 0.4) is 0 Å². The molecule has 0 amide bonds. The van der Waals surface area contributed by atoms with Gasteiger partial charge in [0.2, 0.25) is 10.0 Å². The Hall–Kier alpha value is -0.580. The van der Waals surface area contributed by atoms with Gasteiger partial charge in [-0.1, -0.05) is 19.4 Å². The second-order valence-electron chi connectivity index (χ2n) is 5.38. The quantitative estimate of drug-likeness (QED) is 0.797. The van der Waals surface area contributed by atoms with Crippen LogP contribution in [0.2, 0.25) is 0 Å². The molecule has 0 aliphatic carbocycles. The van der Waals surface area contributed by atoms with Crippen molar-refractivity contribution in [2.75, 3.05) is 6.54 Å². The van der Waals surface area contributed by atoms with Gasteiger partial charge in [0.25, 0.3) is 0 Å². The van der Waals surface area contributed by atoms with Crippen LogP contribution in [0, 0.1) is 0 Å². The molecule has 1 aliphatic rings. The van der Waals surface area contributed by atoms with Gasteiger partial charge < -0.3 is 0 Å². The fourth-order valence-corrected chi connectivity index (χ4v) is 4.80. The van der Waals surface area contributed by atoms with E-state index >= 15 is 0 Å². The molecule has 1 saturated heterocycles.